The minimum atomic E-state index is 0.620. The van der Waals surface area contributed by atoms with Gasteiger partial charge in [-0.25, -0.2) is 15.0 Å². The van der Waals surface area contributed by atoms with Gasteiger partial charge < -0.3 is 0 Å². The van der Waals surface area contributed by atoms with Crippen molar-refractivity contribution in [2.45, 2.75) is 0 Å². The molecule has 0 saturated heterocycles. The van der Waals surface area contributed by atoms with Crippen LogP contribution in [0.2, 0.25) is 0 Å². The second kappa shape index (κ2) is 16.4. The molecule has 0 bridgehead atoms. The van der Waals surface area contributed by atoms with Crippen molar-refractivity contribution in [1.29, 1.82) is 0 Å². The molecule has 0 spiro atoms. The normalized spacial score (nSPS) is 11.4. The maximum absolute atomic E-state index is 5.18. The van der Waals surface area contributed by atoms with Crippen molar-refractivity contribution < 1.29 is 0 Å². The van der Waals surface area contributed by atoms with Crippen molar-refractivity contribution in [1.82, 2.24) is 15.0 Å². The van der Waals surface area contributed by atoms with Crippen LogP contribution in [0.3, 0.4) is 0 Å². The summed E-state index contributed by atoms with van der Waals surface area (Å²) in [5.41, 5.74) is 14.3. The molecule has 0 radical (unpaired) electrons. The average molecular weight is 846 g/mol. The fraction of sp³-hybridized carbons (Fsp3) is 0. The lowest BCUT2D eigenvalue weighted by atomic mass is 9.95. The van der Waals surface area contributed by atoms with E-state index in [1.54, 1.807) is 0 Å². The molecule has 0 aliphatic heterocycles. The molecule has 65 heavy (non-hydrogen) atoms. The molecule has 0 aliphatic carbocycles. The first kappa shape index (κ1) is 38.4. The number of fused-ring (bicyclic) bond motifs is 4. The van der Waals surface area contributed by atoms with Gasteiger partial charge in [0.1, 0.15) is 0 Å². The second-order valence-corrected chi connectivity index (χ2v) is 17.5. The third-order valence-corrected chi connectivity index (χ3v) is 13.5. The highest BCUT2D eigenvalue weighted by Crippen LogP contribution is 2.42. The molecular weight excluding hydrogens is 807 g/mol. The van der Waals surface area contributed by atoms with E-state index >= 15 is 0 Å². The Morgan fingerprint density at radius 3 is 1.09 bits per heavy atom. The molecule has 0 N–H and O–H groups in total. The van der Waals surface area contributed by atoms with Crippen molar-refractivity contribution in [2.75, 3.05) is 0 Å². The summed E-state index contributed by atoms with van der Waals surface area (Å²) in [4.78, 5) is 15.5. The van der Waals surface area contributed by atoms with Gasteiger partial charge in [-0.3, -0.25) is 0 Å². The van der Waals surface area contributed by atoms with Crippen LogP contribution >= 0.6 is 11.3 Å². The van der Waals surface area contributed by atoms with Gasteiger partial charge in [-0.1, -0.05) is 194 Å². The van der Waals surface area contributed by atoms with E-state index in [1.165, 1.54) is 47.6 Å². The van der Waals surface area contributed by atoms with E-state index < -0.39 is 0 Å². The molecule has 4 heteroatoms. The van der Waals surface area contributed by atoms with E-state index in [9.17, 15) is 0 Å². The van der Waals surface area contributed by atoms with E-state index in [0.717, 1.165) is 55.6 Å². The third-order valence-electron chi connectivity index (χ3n) is 12.3. The van der Waals surface area contributed by atoms with E-state index in [0.29, 0.717) is 17.5 Å². The highest BCUT2D eigenvalue weighted by Gasteiger charge is 2.16. The van der Waals surface area contributed by atoms with Crippen LogP contribution in [0, 0.1) is 0 Å². The summed E-state index contributed by atoms with van der Waals surface area (Å²) in [6.07, 6.45) is 0. The SMILES string of the molecule is c1ccc(-c2cccc(-c3nc(-c4cccc(-c5ccccc5)c4)nc(-c4cccc(-c5cccc(-c6cccc(-c7cccc8c7sc7cc9ccccc9cc78)c6)c5)c4)n3)c2)cc1. The van der Waals surface area contributed by atoms with Gasteiger partial charge in [-0.15, -0.1) is 11.3 Å². The highest BCUT2D eigenvalue weighted by molar-refractivity contribution is 7.26. The zero-order valence-corrected chi connectivity index (χ0v) is 36.1. The van der Waals surface area contributed by atoms with Crippen LogP contribution < -0.4 is 0 Å². The monoisotopic (exact) mass is 845 g/mol. The van der Waals surface area contributed by atoms with Gasteiger partial charge >= 0.3 is 0 Å². The van der Waals surface area contributed by atoms with Gasteiger partial charge in [0.25, 0.3) is 0 Å². The van der Waals surface area contributed by atoms with Crippen molar-refractivity contribution >= 4 is 42.3 Å². The number of hydrogen-bond acceptors (Lipinski definition) is 4. The summed E-state index contributed by atoms with van der Waals surface area (Å²) < 4.78 is 2.63. The smallest absolute Gasteiger partial charge is 0.164 e. The minimum Gasteiger partial charge on any atom is -0.208 e. The Kier molecular flexibility index (Phi) is 9.70. The zero-order chi connectivity index (χ0) is 43.1. The molecule has 0 aliphatic rings. The topological polar surface area (TPSA) is 38.7 Å². The van der Waals surface area contributed by atoms with Crippen LogP contribution in [-0.2, 0) is 0 Å². The van der Waals surface area contributed by atoms with Crippen LogP contribution in [-0.4, -0.2) is 15.0 Å². The van der Waals surface area contributed by atoms with Crippen LogP contribution in [0.15, 0.2) is 237 Å². The summed E-state index contributed by atoms with van der Waals surface area (Å²) in [6, 6.07) is 84.2. The Bertz CT molecular complexity index is 3620. The summed E-state index contributed by atoms with van der Waals surface area (Å²) in [6.45, 7) is 0. The molecule has 0 saturated carbocycles. The predicted molar refractivity (Wildman–Crippen MR) is 274 cm³/mol. The first-order chi connectivity index (χ1) is 32.2. The Labute approximate surface area is 381 Å². The molecule has 0 atom stereocenters. The van der Waals surface area contributed by atoms with Crippen LogP contribution in [0.4, 0.5) is 0 Å². The first-order valence-corrected chi connectivity index (χ1v) is 22.7. The van der Waals surface area contributed by atoms with Crippen molar-refractivity contribution in [3.63, 3.8) is 0 Å². The number of rotatable bonds is 8. The molecule has 2 heterocycles. The second-order valence-electron chi connectivity index (χ2n) is 16.4. The average Bonchev–Trinajstić information content (AvgIpc) is 3.76. The first-order valence-electron chi connectivity index (χ1n) is 21.9. The molecule has 2 aromatic heterocycles. The minimum absolute atomic E-state index is 0.620. The van der Waals surface area contributed by atoms with Crippen LogP contribution in [0.25, 0.3) is 121 Å². The lowest BCUT2D eigenvalue weighted by Gasteiger charge is -2.12. The Morgan fingerprint density at radius 1 is 0.246 bits per heavy atom. The molecule has 304 valence electrons. The Balaban J connectivity index is 0.918. The van der Waals surface area contributed by atoms with Gasteiger partial charge in [-0.2, -0.15) is 0 Å². The molecule has 0 amide bonds. The molecular formula is C61H39N3S. The highest BCUT2D eigenvalue weighted by atomic mass is 32.1. The lowest BCUT2D eigenvalue weighted by Crippen LogP contribution is -2.00. The number of nitrogens with zero attached hydrogens (tertiary/aromatic N) is 3. The Morgan fingerprint density at radius 2 is 0.600 bits per heavy atom. The van der Waals surface area contributed by atoms with Crippen LogP contribution in [0.5, 0.6) is 0 Å². The van der Waals surface area contributed by atoms with E-state index in [4.69, 9.17) is 15.0 Å². The number of hydrogen-bond donors (Lipinski definition) is 0. The maximum atomic E-state index is 5.18. The molecule has 0 unspecified atom stereocenters. The summed E-state index contributed by atoms with van der Waals surface area (Å²) in [5.74, 6) is 1.87. The summed E-state index contributed by atoms with van der Waals surface area (Å²) in [7, 11) is 0. The molecule has 10 aromatic carbocycles. The van der Waals surface area contributed by atoms with E-state index in [1.807, 2.05) is 23.5 Å². The Hall–Kier alpha value is -8.31. The quantitative estimate of drug-likeness (QED) is 0.153. The standard InChI is InChI=1S/C61H39N3S/c1-3-15-40(16-4-1)42-21-11-28-51(35-42)59-62-60(52-29-12-22-43(36-52)41-17-5-2-6-18-41)64-61(63-59)53-30-13-26-47(37-53)45-24-9-23-44(33-45)46-25-10-27-50(34-46)54-31-14-32-55-56-38-48-19-7-8-20-49(48)39-57(56)65-58(54)55/h1-39H. The third kappa shape index (κ3) is 7.46. The number of benzene rings is 10. The largest absolute Gasteiger partial charge is 0.208 e. The maximum Gasteiger partial charge on any atom is 0.164 e. The molecule has 0 fully saturated rings. The zero-order valence-electron chi connectivity index (χ0n) is 35.3. The van der Waals surface area contributed by atoms with E-state index in [2.05, 4.69) is 224 Å². The van der Waals surface area contributed by atoms with Crippen molar-refractivity contribution in [2.24, 2.45) is 0 Å². The summed E-state index contributed by atoms with van der Waals surface area (Å²) in [5, 5.41) is 5.17. The van der Waals surface area contributed by atoms with Gasteiger partial charge in [0.2, 0.25) is 0 Å². The molecule has 12 rings (SSSR count). The fourth-order valence-electron chi connectivity index (χ4n) is 8.99. The number of thiophene rings is 1. The van der Waals surface area contributed by atoms with Gasteiger partial charge in [0, 0.05) is 36.9 Å². The van der Waals surface area contributed by atoms with Crippen LogP contribution in [0.1, 0.15) is 0 Å². The fourth-order valence-corrected chi connectivity index (χ4v) is 10.3. The predicted octanol–water partition coefficient (Wildman–Crippen LogP) is 16.7. The van der Waals surface area contributed by atoms with Crippen molar-refractivity contribution in [3.8, 4) is 89.8 Å². The number of aromatic nitrogens is 3. The summed E-state index contributed by atoms with van der Waals surface area (Å²) >= 11 is 1.88. The van der Waals surface area contributed by atoms with Crippen molar-refractivity contribution in [3.05, 3.63) is 237 Å². The molecule has 12 aromatic rings. The van der Waals surface area contributed by atoms with E-state index in [-0.39, 0.29) is 0 Å². The molecule has 3 nitrogen and oxygen atoms in total. The van der Waals surface area contributed by atoms with Gasteiger partial charge in [0.05, 0.1) is 0 Å². The van der Waals surface area contributed by atoms with Gasteiger partial charge in [-0.05, 0) is 109 Å². The lowest BCUT2D eigenvalue weighted by molar-refractivity contribution is 1.07. The van der Waals surface area contributed by atoms with Gasteiger partial charge in [0.15, 0.2) is 17.5 Å².